The molecule has 2 rings (SSSR count). The summed E-state index contributed by atoms with van der Waals surface area (Å²) in [6.07, 6.45) is 8.85. The van der Waals surface area contributed by atoms with Crippen molar-refractivity contribution in [2.24, 2.45) is 4.99 Å². The maximum Gasteiger partial charge on any atom is 0.0496 e. The summed E-state index contributed by atoms with van der Waals surface area (Å²) in [5.41, 5.74) is 1.36. The first kappa shape index (κ1) is 11.4. The molecule has 16 heavy (non-hydrogen) atoms. The summed E-state index contributed by atoms with van der Waals surface area (Å²) in [6.45, 7) is 2.22. The SMILES string of the molecule is CC(C=NC1CCCCC1)c1ccccc1. The summed E-state index contributed by atoms with van der Waals surface area (Å²) in [7, 11) is 0. The minimum absolute atomic E-state index is 0.447. The van der Waals surface area contributed by atoms with Crippen LogP contribution in [0.2, 0.25) is 0 Å². The Morgan fingerprint density at radius 1 is 1.12 bits per heavy atom. The predicted molar refractivity (Wildman–Crippen MR) is 70.2 cm³/mol. The van der Waals surface area contributed by atoms with Crippen LogP contribution < -0.4 is 0 Å². The number of aliphatic imine (C=N–C) groups is 1. The molecule has 0 saturated heterocycles. The molecule has 0 bridgehead atoms. The Morgan fingerprint density at radius 2 is 1.81 bits per heavy atom. The molecule has 0 heterocycles. The Balaban J connectivity index is 1.91. The van der Waals surface area contributed by atoms with Gasteiger partial charge in [0, 0.05) is 18.2 Å². The highest BCUT2D eigenvalue weighted by molar-refractivity contribution is 5.67. The lowest BCUT2D eigenvalue weighted by molar-refractivity contribution is 0.443. The van der Waals surface area contributed by atoms with Gasteiger partial charge < -0.3 is 0 Å². The van der Waals surface area contributed by atoms with E-state index in [-0.39, 0.29) is 0 Å². The van der Waals surface area contributed by atoms with E-state index in [1.165, 1.54) is 37.7 Å². The van der Waals surface area contributed by atoms with Gasteiger partial charge in [-0.25, -0.2) is 0 Å². The monoisotopic (exact) mass is 215 g/mol. The van der Waals surface area contributed by atoms with Crippen molar-refractivity contribution in [3.05, 3.63) is 35.9 Å². The van der Waals surface area contributed by atoms with Gasteiger partial charge in [0.2, 0.25) is 0 Å². The molecule has 0 radical (unpaired) electrons. The molecule has 1 saturated carbocycles. The van der Waals surface area contributed by atoms with Gasteiger partial charge in [-0.05, 0) is 18.4 Å². The van der Waals surface area contributed by atoms with Crippen LogP contribution in [0.15, 0.2) is 35.3 Å². The molecule has 0 aliphatic heterocycles. The maximum atomic E-state index is 4.73. The second-order valence-electron chi connectivity index (χ2n) is 4.79. The Hall–Kier alpha value is -1.11. The second-order valence-corrected chi connectivity index (χ2v) is 4.79. The summed E-state index contributed by atoms with van der Waals surface area (Å²) < 4.78 is 0. The largest absolute Gasteiger partial charge is 0.294 e. The number of rotatable bonds is 3. The predicted octanol–water partition coefficient (Wildman–Crippen LogP) is 4.19. The highest BCUT2D eigenvalue weighted by Gasteiger charge is 2.11. The van der Waals surface area contributed by atoms with Crippen molar-refractivity contribution in [2.75, 3.05) is 0 Å². The van der Waals surface area contributed by atoms with Crippen molar-refractivity contribution in [2.45, 2.75) is 51.0 Å². The number of benzene rings is 1. The quantitative estimate of drug-likeness (QED) is 0.670. The molecule has 1 heteroatoms. The first-order chi connectivity index (χ1) is 7.86. The van der Waals surface area contributed by atoms with E-state index in [0.29, 0.717) is 12.0 Å². The van der Waals surface area contributed by atoms with Crippen molar-refractivity contribution in [1.29, 1.82) is 0 Å². The van der Waals surface area contributed by atoms with E-state index in [9.17, 15) is 0 Å². The van der Waals surface area contributed by atoms with Gasteiger partial charge in [-0.2, -0.15) is 0 Å². The van der Waals surface area contributed by atoms with E-state index < -0.39 is 0 Å². The molecule has 0 aromatic heterocycles. The van der Waals surface area contributed by atoms with Gasteiger partial charge in [0.15, 0.2) is 0 Å². The van der Waals surface area contributed by atoms with E-state index in [1.54, 1.807) is 0 Å². The summed E-state index contributed by atoms with van der Waals surface area (Å²) >= 11 is 0. The molecule has 1 aromatic carbocycles. The highest BCUT2D eigenvalue weighted by Crippen LogP contribution is 2.21. The molecule has 1 nitrogen and oxygen atoms in total. The first-order valence-corrected chi connectivity index (χ1v) is 6.44. The van der Waals surface area contributed by atoms with Gasteiger partial charge in [-0.3, -0.25) is 4.99 Å². The molecular weight excluding hydrogens is 194 g/mol. The Morgan fingerprint density at radius 3 is 2.50 bits per heavy atom. The molecule has 0 amide bonds. The fourth-order valence-corrected chi connectivity index (χ4v) is 2.32. The molecule has 1 aromatic rings. The first-order valence-electron chi connectivity index (χ1n) is 6.44. The number of nitrogens with zero attached hydrogens (tertiary/aromatic N) is 1. The second kappa shape index (κ2) is 5.83. The summed E-state index contributed by atoms with van der Waals surface area (Å²) in [6, 6.07) is 11.2. The third-order valence-electron chi connectivity index (χ3n) is 3.42. The van der Waals surface area contributed by atoms with Crippen LogP contribution in [0.4, 0.5) is 0 Å². The van der Waals surface area contributed by atoms with Crippen molar-refractivity contribution in [3.8, 4) is 0 Å². The number of hydrogen-bond donors (Lipinski definition) is 0. The van der Waals surface area contributed by atoms with Gasteiger partial charge in [0.25, 0.3) is 0 Å². The molecule has 1 unspecified atom stereocenters. The topological polar surface area (TPSA) is 12.4 Å². The Bertz CT molecular complexity index is 323. The molecule has 1 atom stereocenters. The van der Waals surface area contributed by atoms with Crippen LogP contribution in [0, 0.1) is 0 Å². The standard InChI is InChI=1S/C15H21N/c1-13(14-8-4-2-5-9-14)12-16-15-10-6-3-7-11-15/h2,4-5,8-9,12-13,15H,3,6-7,10-11H2,1H3. The minimum Gasteiger partial charge on any atom is -0.294 e. The average molecular weight is 215 g/mol. The average Bonchev–Trinajstić information content (AvgIpc) is 2.38. The molecule has 1 fully saturated rings. The highest BCUT2D eigenvalue weighted by atomic mass is 14.8. The minimum atomic E-state index is 0.447. The molecule has 1 aliphatic carbocycles. The molecule has 1 aliphatic rings. The van der Waals surface area contributed by atoms with Gasteiger partial charge in [0.1, 0.15) is 0 Å². The zero-order valence-corrected chi connectivity index (χ0v) is 10.1. The van der Waals surface area contributed by atoms with Crippen LogP contribution in [-0.4, -0.2) is 12.3 Å². The number of hydrogen-bond acceptors (Lipinski definition) is 1. The molecular formula is C15H21N. The van der Waals surface area contributed by atoms with E-state index in [2.05, 4.69) is 43.5 Å². The maximum absolute atomic E-state index is 4.73. The van der Waals surface area contributed by atoms with Crippen LogP contribution in [0.3, 0.4) is 0 Å². The smallest absolute Gasteiger partial charge is 0.0496 e. The van der Waals surface area contributed by atoms with Crippen LogP contribution >= 0.6 is 0 Å². The van der Waals surface area contributed by atoms with Gasteiger partial charge in [-0.1, -0.05) is 56.5 Å². The van der Waals surface area contributed by atoms with E-state index in [4.69, 9.17) is 4.99 Å². The van der Waals surface area contributed by atoms with Crippen molar-refractivity contribution in [3.63, 3.8) is 0 Å². The lowest BCUT2D eigenvalue weighted by Crippen LogP contribution is -2.10. The summed E-state index contributed by atoms with van der Waals surface area (Å²) in [4.78, 5) is 4.73. The Labute approximate surface area is 98.6 Å². The van der Waals surface area contributed by atoms with Crippen molar-refractivity contribution >= 4 is 6.21 Å². The Kier molecular flexibility index (Phi) is 4.15. The fourth-order valence-electron chi connectivity index (χ4n) is 2.32. The van der Waals surface area contributed by atoms with Crippen molar-refractivity contribution < 1.29 is 0 Å². The van der Waals surface area contributed by atoms with Crippen molar-refractivity contribution in [1.82, 2.24) is 0 Å². The summed E-state index contributed by atoms with van der Waals surface area (Å²) in [5.74, 6) is 0.447. The third-order valence-corrected chi connectivity index (χ3v) is 3.42. The normalized spacial score (nSPS) is 20.1. The van der Waals surface area contributed by atoms with Gasteiger partial charge >= 0.3 is 0 Å². The van der Waals surface area contributed by atoms with E-state index in [0.717, 1.165) is 0 Å². The molecule has 0 spiro atoms. The van der Waals surface area contributed by atoms with Crippen LogP contribution in [0.1, 0.15) is 50.5 Å². The zero-order valence-electron chi connectivity index (χ0n) is 10.1. The summed E-state index contributed by atoms with van der Waals surface area (Å²) in [5, 5.41) is 0. The third kappa shape index (κ3) is 3.19. The molecule has 0 N–H and O–H groups in total. The fraction of sp³-hybridized carbons (Fsp3) is 0.533. The van der Waals surface area contributed by atoms with Gasteiger partial charge in [0.05, 0.1) is 0 Å². The lowest BCUT2D eigenvalue weighted by atomic mass is 9.95. The van der Waals surface area contributed by atoms with Crippen LogP contribution in [0.5, 0.6) is 0 Å². The lowest BCUT2D eigenvalue weighted by Gasteiger charge is -2.18. The zero-order chi connectivity index (χ0) is 11.2. The van der Waals surface area contributed by atoms with E-state index >= 15 is 0 Å². The van der Waals surface area contributed by atoms with Crippen LogP contribution in [-0.2, 0) is 0 Å². The van der Waals surface area contributed by atoms with Crippen LogP contribution in [0.25, 0.3) is 0 Å². The van der Waals surface area contributed by atoms with E-state index in [1.807, 2.05) is 0 Å². The molecule has 86 valence electrons. The van der Waals surface area contributed by atoms with Gasteiger partial charge in [-0.15, -0.1) is 0 Å².